The van der Waals surface area contributed by atoms with Crippen molar-refractivity contribution in [2.24, 2.45) is 0 Å². The van der Waals surface area contributed by atoms with Crippen LogP contribution in [0.3, 0.4) is 0 Å². The molecule has 0 radical (unpaired) electrons. The molecule has 0 N–H and O–H groups in total. The third-order valence-electron chi connectivity index (χ3n) is 6.14. The average Bonchev–Trinajstić information content (AvgIpc) is 2.92. The fourth-order valence-corrected chi connectivity index (χ4v) is 4.57. The van der Waals surface area contributed by atoms with E-state index in [4.69, 9.17) is 14.2 Å². The molecular formula is C29H22O5. The summed E-state index contributed by atoms with van der Waals surface area (Å²) >= 11 is 0. The summed E-state index contributed by atoms with van der Waals surface area (Å²) in [4.78, 5) is 25.8. The van der Waals surface area contributed by atoms with Crippen LogP contribution in [0, 0.1) is 0 Å². The Morgan fingerprint density at radius 1 is 0.676 bits per heavy atom. The zero-order valence-electron chi connectivity index (χ0n) is 18.8. The molecule has 168 valence electrons. The first kappa shape index (κ1) is 21.5. The molecule has 5 rings (SSSR count). The predicted octanol–water partition coefficient (Wildman–Crippen LogP) is 5.76. The summed E-state index contributed by atoms with van der Waals surface area (Å²) < 4.78 is 17.0. The van der Waals surface area contributed by atoms with Crippen molar-refractivity contribution >= 4 is 28.8 Å². The van der Waals surface area contributed by atoms with Crippen molar-refractivity contribution in [1.29, 1.82) is 0 Å². The molecule has 0 saturated heterocycles. The minimum absolute atomic E-state index is 0.119. The molecule has 0 atom stereocenters. The Morgan fingerprint density at radius 2 is 1.18 bits per heavy atom. The number of benzene rings is 4. The number of carbonyl (C=O) groups excluding carboxylic acids is 2. The lowest BCUT2D eigenvalue weighted by Gasteiger charge is -2.37. The summed E-state index contributed by atoms with van der Waals surface area (Å²) in [5, 5.41) is 1.25. The van der Waals surface area contributed by atoms with E-state index in [2.05, 4.69) is 0 Å². The van der Waals surface area contributed by atoms with Gasteiger partial charge in [-0.05, 0) is 12.2 Å². The molecule has 0 spiro atoms. The maximum Gasteiger partial charge on any atom is 0.339 e. The highest BCUT2D eigenvalue weighted by atomic mass is 16.5. The Morgan fingerprint density at radius 3 is 1.74 bits per heavy atom. The fourth-order valence-electron chi connectivity index (χ4n) is 4.57. The van der Waals surface area contributed by atoms with Crippen molar-refractivity contribution in [1.82, 2.24) is 0 Å². The van der Waals surface area contributed by atoms with Crippen molar-refractivity contribution in [3.63, 3.8) is 0 Å². The van der Waals surface area contributed by atoms with Crippen molar-refractivity contribution in [2.45, 2.75) is 5.60 Å². The SMILES string of the molecule is COC(=O)c1c2c(c3ccccc3c1C(=O)OC)OC(c1ccccc1)(c1ccccc1)C=C2. The van der Waals surface area contributed by atoms with Gasteiger partial charge in [-0.2, -0.15) is 0 Å². The van der Waals surface area contributed by atoms with E-state index in [9.17, 15) is 9.59 Å². The smallest absolute Gasteiger partial charge is 0.339 e. The molecule has 0 unspecified atom stereocenters. The Balaban J connectivity index is 1.87. The van der Waals surface area contributed by atoms with Crippen LogP contribution in [0.5, 0.6) is 5.75 Å². The van der Waals surface area contributed by atoms with Crippen LogP contribution in [0.4, 0.5) is 0 Å². The van der Waals surface area contributed by atoms with Gasteiger partial charge in [-0.1, -0.05) is 84.9 Å². The number of fused-ring (bicyclic) bond motifs is 3. The molecule has 0 saturated carbocycles. The molecule has 34 heavy (non-hydrogen) atoms. The molecule has 5 heteroatoms. The van der Waals surface area contributed by atoms with Gasteiger partial charge in [0.25, 0.3) is 0 Å². The molecule has 0 aliphatic carbocycles. The van der Waals surface area contributed by atoms with Gasteiger partial charge < -0.3 is 14.2 Å². The number of esters is 2. The number of methoxy groups -OCH3 is 2. The van der Waals surface area contributed by atoms with Gasteiger partial charge in [0.05, 0.1) is 25.3 Å². The lowest BCUT2D eigenvalue weighted by atomic mass is 9.82. The van der Waals surface area contributed by atoms with E-state index in [0.29, 0.717) is 22.1 Å². The monoisotopic (exact) mass is 450 g/mol. The fraction of sp³-hybridized carbons (Fsp3) is 0.103. The molecule has 1 aliphatic heterocycles. The largest absolute Gasteiger partial charge is 0.472 e. The summed E-state index contributed by atoms with van der Waals surface area (Å²) in [7, 11) is 2.58. The van der Waals surface area contributed by atoms with Gasteiger partial charge in [-0.25, -0.2) is 9.59 Å². The molecule has 5 nitrogen and oxygen atoms in total. The van der Waals surface area contributed by atoms with Gasteiger partial charge in [-0.15, -0.1) is 0 Å². The van der Waals surface area contributed by atoms with Crippen molar-refractivity contribution in [2.75, 3.05) is 14.2 Å². The van der Waals surface area contributed by atoms with Crippen LogP contribution in [0.15, 0.2) is 91.0 Å². The number of carbonyl (C=O) groups is 2. The van der Waals surface area contributed by atoms with Gasteiger partial charge in [0.1, 0.15) is 5.75 Å². The van der Waals surface area contributed by atoms with E-state index in [1.54, 1.807) is 6.07 Å². The van der Waals surface area contributed by atoms with E-state index in [1.807, 2.05) is 91.0 Å². The van der Waals surface area contributed by atoms with E-state index in [0.717, 1.165) is 11.1 Å². The third-order valence-corrected chi connectivity index (χ3v) is 6.14. The summed E-state index contributed by atoms with van der Waals surface area (Å²) in [6, 6.07) is 27.1. The lowest BCUT2D eigenvalue weighted by Crippen LogP contribution is -2.35. The molecule has 0 fully saturated rings. The predicted molar refractivity (Wildman–Crippen MR) is 130 cm³/mol. The molecule has 1 heterocycles. The maximum atomic E-state index is 13.0. The Hall–Kier alpha value is -4.38. The van der Waals surface area contributed by atoms with E-state index >= 15 is 0 Å². The van der Waals surface area contributed by atoms with Crippen LogP contribution in [-0.2, 0) is 15.1 Å². The molecule has 4 aromatic carbocycles. The maximum absolute atomic E-state index is 13.0. The van der Waals surface area contributed by atoms with Gasteiger partial charge in [-0.3, -0.25) is 0 Å². The standard InChI is InChI=1S/C29H22O5/c1-32-27(30)24-21-15-9-10-16-22(21)26-23(25(24)28(31)33-2)17-18-29(34-26,19-11-5-3-6-12-19)20-13-7-4-8-14-20/h3-18H,1-2H3. The van der Waals surface area contributed by atoms with Crippen LogP contribution in [0.1, 0.15) is 37.4 Å². The summed E-state index contributed by atoms with van der Waals surface area (Å²) in [6.07, 6.45) is 3.76. The highest BCUT2D eigenvalue weighted by Gasteiger charge is 2.40. The minimum Gasteiger partial charge on any atom is -0.472 e. The zero-order valence-corrected chi connectivity index (χ0v) is 18.8. The number of hydrogen-bond acceptors (Lipinski definition) is 5. The van der Waals surface area contributed by atoms with Gasteiger partial charge in [0.15, 0.2) is 5.60 Å². The quantitative estimate of drug-likeness (QED) is 0.370. The van der Waals surface area contributed by atoms with Crippen LogP contribution < -0.4 is 4.74 Å². The van der Waals surface area contributed by atoms with Gasteiger partial charge in [0, 0.05) is 27.5 Å². The molecule has 0 bridgehead atoms. The average molecular weight is 450 g/mol. The van der Waals surface area contributed by atoms with Gasteiger partial charge >= 0.3 is 11.9 Å². The molecule has 4 aromatic rings. The van der Waals surface area contributed by atoms with E-state index < -0.39 is 17.5 Å². The lowest BCUT2D eigenvalue weighted by molar-refractivity contribution is 0.0555. The van der Waals surface area contributed by atoms with Crippen LogP contribution in [0.25, 0.3) is 16.8 Å². The van der Waals surface area contributed by atoms with Crippen LogP contribution in [0.2, 0.25) is 0 Å². The van der Waals surface area contributed by atoms with Crippen molar-refractivity contribution < 1.29 is 23.8 Å². The molecule has 0 amide bonds. The van der Waals surface area contributed by atoms with Crippen molar-refractivity contribution in [3.05, 3.63) is 119 Å². The Labute approximate surface area is 197 Å². The topological polar surface area (TPSA) is 61.8 Å². The summed E-state index contributed by atoms with van der Waals surface area (Å²) in [6.45, 7) is 0. The number of hydrogen-bond donors (Lipinski definition) is 0. The van der Waals surface area contributed by atoms with Gasteiger partial charge in [0.2, 0.25) is 0 Å². The molecule has 1 aliphatic rings. The Bertz CT molecular complexity index is 1380. The normalized spacial score (nSPS) is 13.6. The second-order valence-electron chi connectivity index (χ2n) is 7.92. The number of rotatable bonds is 4. The van der Waals surface area contributed by atoms with Crippen molar-refractivity contribution in [3.8, 4) is 5.75 Å². The first-order valence-electron chi connectivity index (χ1n) is 10.9. The highest BCUT2D eigenvalue weighted by Crippen LogP contribution is 2.47. The first-order valence-corrected chi connectivity index (χ1v) is 10.9. The zero-order chi connectivity index (χ0) is 23.7. The van der Waals surface area contributed by atoms with E-state index in [-0.39, 0.29) is 11.1 Å². The molecule has 0 aromatic heterocycles. The molecular weight excluding hydrogens is 428 g/mol. The van der Waals surface area contributed by atoms with Crippen LogP contribution >= 0.6 is 0 Å². The second kappa shape index (κ2) is 8.52. The summed E-state index contributed by atoms with van der Waals surface area (Å²) in [5.41, 5.74) is 1.69. The minimum atomic E-state index is -0.932. The van der Waals surface area contributed by atoms with Crippen LogP contribution in [-0.4, -0.2) is 26.2 Å². The third kappa shape index (κ3) is 3.25. The first-order chi connectivity index (χ1) is 16.6. The highest BCUT2D eigenvalue weighted by molar-refractivity contribution is 6.17. The Kier molecular flexibility index (Phi) is 5.38. The number of ether oxygens (including phenoxy) is 3. The second-order valence-corrected chi connectivity index (χ2v) is 7.92. The summed E-state index contributed by atoms with van der Waals surface area (Å²) in [5.74, 6) is -0.753. The van der Waals surface area contributed by atoms with E-state index in [1.165, 1.54) is 14.2 Å².